The average molecular weight is 271 g/mol. The molecule has 2 rings (SSSR count). The summed E-state index contributed by atoms with van der Waals surface area (Å²) in [5, 5.41) is 0. The van der Waals surface area contributed by atoms with Crippen LogP contribution in [0, 0.1) is 0 Å². The summed E-state index contributed by atoms with van der Waals surface area (Å²) >= 11 is 0. The highest BCUT2D eigenvalue weighted by Crippen LogP contribution is 2.27. The fourth-order valence-corrected chi connectivity index (χ4v) is 2.10. The molecule has 2 N–H and O–H groups in total. The second-order valence-corrected chi connectivity index (χ2v) is 4.48. The highest BCUT2D eigenvalue weighted by molar-refractivity contribution is 5.40. The second kappa shape index (κ2) is 7.56. The molecule has 2 aromatic carbocycles. The van der Waals surface area contributed by atoms with Gasteiger partial charge in [-0.3, -0.25) is 0 Å². The van der Waals surface area contributed by atoms with Crippen molar-refractivity contribution in [2.75, 3.05) is 13.2 Å². The quantitative estimate of drug-likeness (QED) is 0.841. The first-order valence-corrected chi connectivity index (χ1v) is 6.96. The van der Waals surface area contributed by atoms with E-state index in [0.717, 1.165) is 17.9 Å². The van der Waals surface area contributed by atoms with Crippen molar-refractivity contribution in [3.63, 3.8) is 0 Å². The minimum Gasteiger partial charge on any atom is -0.490 e. The largest absolute Gasteiger partial charge is 0.490 e. The average Bonchev–Trinajstić information content (AvgIpc) is 2.48. The van der Waals surface area contributed by atoms with Gasteiger partial charge in [0.25, 0.3) is 0 Å². The van der Waals surface area contributed by atoms with Crippen LogP contribution in [0.3, 0.4) is 0 Å². The molecule has 2 aromatic rings. The van der Waals surface area contributed by atoms with Gasteiger partial charge in [-0.15, -0.1) is 0 Å². The van der Waals surface area contributed by atoms with Gasteiger partial charge in [-0.2, -0.15) is 0 Å². The van der Waals surface area contributed by atoms with E-state index in [0.29, 0.717) is 19.8 Å². The summed E-state index contributed by atoms with van der Waals surface area (Å²) in [6.07, 6.45) is 0.868. The van der Waals surface area contributed by atoms with Crippen LogP contribution in [0.25, 0.3) is 0 Å². The highest BCUT2D eigenvalue weighted by atomic mass is 16.5. The Balaban J connectivity index is 2.09. The van der Waals surface area contributed by atoms with Crippen LogP contribution in [0.4, 0.5) is 0 Å². The minimum atomic E-state index is 0.528. The summed E-state index contributed by atoms with van der Waals surface area (Å²) in [7, 11) is 0. The fraction of sp³-hybridized carbons (Fsp3) is 0.294. The zero-order chi connectivity index (χ0) is 14.2. The van der Waals surface area contributed by atoms with Crippen LogP contribution in [0.1, 0.15) is 18.1 Å². The number of nitrogens with two attached hydrogens (primary N) is 1. The van der Waals surface area contributed by atoms with E-state index >= 15 is 0 Å². The molecular formula is C17H21NO2. The number of benzene rings is 2. The van der Waals surface area contributed by atoms with Crippen LogP contribution in [-0.2, 0) is 13.0 Å². The Morgan fingerprint density at radius 3 is 2.10 bits per heavy atom. The predicted octanol–water partition coefficient (Wildman–Crippen LogP) is 3.17. The first kappa shape index (κ1) is 14.4. The van der Waals surface area contributed by atoms with Gasteiger partial charge < -0.3 is 15.2 Å². The SMILES string of the molecule is CCOc1ccccc1OCc1ccccc1CCN. The van der Waals surface area contributed by atoms with Crippen LogP contribution >= 0.6 is 0 Å². The number of para-hydroxylation sites is 2. The summed E-state index contributed by atoms with van der Waals surface area (Å²) in [6, 6.07) is 16.0. The van der Waals surface area contributed by atoms with Gasteiger partial charge in [-0.1, -0.05) is 36.4 Å². The monoisotopic (exact) mass is 271 g/mol. The van der Waals surface area contributed by atoms with Crippen molar-refractivity contribution in [2.24, 2.45) is 5.73 Å². The zero-order valence-corrected chi connectivity index (χ0v) is 11.8. The molecule has 0 saturated heterocycles. The third-order valence-corrected chi connectivity index (χ3v) is 3.06. The fourth-order valence-electron chi connectivity index (χ4n) is 2.10. The molecule has 0 unspecified atom stereocenters. The lowest BCUT2D eigenvalue weighted by Gasteiger charge is -2.13. The molecule has 3 heteroatoms. The Hall–Kier alpha value is -2.00. The maximum Gasteiger partial charge on any atom is 0.161 e. The summed E-state index contributed by atoms with van der Waals surface area (Å²) < 4.78 is 11.5. The van der Waals surface area contributed by atoms with Crippen molar-refractivity contribution >= 4 is 0 Å². The Bertz CT molecular complexity index is 491. The van der Waals surface area contributed by atoms with Gasteiger partial charge in [0.15, 0.2) is 11.5 Å². The van der Waals surface area contributed by atoms with Crippen molar-refractivity contribution in [2.45, 2.75) is 20.0 Å². The minimum absolute atomic E-state index is 0.528. The topological polar surface area (TPSA) is 44.5 Å². The second-order valence-electron chi connectivity index (χ2n) is 4.48. The first-order chi connectivity index (χ1) is 9.85. The summed E-state index contributed by atoms with van der Waals surface area (Å²) in [6.45, 7) is 3.77. The van der Waals surface area contributed by atoms with Gasteiger partial charge in [0, 0.05) is 0 Å². The van der Waals surface area contributed by atoms with Crippen molar-refractivity contribution in [1.29, 1.82) is 0 Å². The van der Waals surface area contributed by atoms with E-state index < -0.39 is 0 Å². The highest BCUT2D eigenvalue weighted by Gasteiger charge is 2.06. The van der Waals surface area contributed by atoms with E-state index in [1.54, 1.807) is 0 Å². The molecule has 0 saturated carbocycles. The molecule has 0 amide bonds. The van der Waals surface area contributed by atoms with Crippen LogP contribution in [-0.4, -0.2) is 13.2 Å². The smallest absolute Gasteiger partial charge is 0.161 e. The van der Waals surface area contributed by atoms with E-state index in [-0.39, 0.29) is 0 Å². The molecule has 0 atom stereocenters. The lowest BCUT2D eigenvalue weighted by Crippen LogP contribution is -2.07. The van der Waals surface area contributed by atoms with Crippen molar-refractivity contribution in [3.05, 3.63) is 59.7 Å². The van der Waals surface area contributed by atoms with Gasteiger partial charge in [0.1, 0.15) is 6.61 Å². The van der Waals surface area contributed by atoms with E-state index in [9.17, 15) is 0 Å². The van der Waals surface area contributed by atoms with Crippen LogP contribution in [0.15, 0.2) is 48.5 Å². The summed E-state index contributed by atoms with van der Waals surface area (Å²) in [5.41, 5.74) is 8.05. The predicted molar refractivity (Wildman–Crippen MR) is 81.1 cm³/mol. The lowest BCUT2D eigenvalue weighted by atomic mass is 10.1. The van der Waals surface area contributed by atoms with Gasteiger partial charge in [-0.05, 0) is 43.1 Å². The molecule has 0 aliphatic heterocycles. The summed E-state index contributed by atoms with van der Waals surface area (Å²) in [4.78, 5) is 0. The molecule has 0 fully saturated rings. The molecule has 20 heavy (non-hydrogen) atoms. The van der Waals surface area contributed by atoms with Crippen LogP contribution in [0.5, 0.6) is 11.5 Å². The zero-order valence-electron chi connectivity index (χ0n) is 11.8. The maximum absolute atomic E-state index is 5.90. The molecule has 0 radical (unpaired) electrons. The van der Waals surface area contributed by atoms with Crippen molar-refractivity contribution < 1.29 is 9.47 Å². The number of rotatable bonds is 7. The van der Waals surface area contributed by atoms with Gasteiger partial charge in [-0.25, -0.2) is 0 Å². The maximum atomic E-state index is 5.90. The molecule has 3 nitrogen and oxygen atoms in total. The van der Waals surface area contributed by atoms with E-state index in [1.165, 1.54) is 11.1 Å². The molecule has 106 valence electrons. The Labute approximate surface area is 120 Å². The molecule has 0 aliphatic rings. The van der Waals surface area contributed by atoms with Gasteiger partial charge in [0.05, 0.1) is 6.61 Å². The van der Waals surface area contributed by atoms with Gasteiger partial charge in [0.2, 0.25) is 0 Å². The van der Waals surface area contributed by atoms with Crippen molar-refractivity contribution in [1.82, 2.24) is 0 Å². The number of hydrogen-bond donors (Lipinski definition) is 1. The molecule has 0 bridgehead atoms. The Kier molecular flexibility index (Phi) is 5.44. The molecule has 0 aromatic heterocycles. The third-order valence-electron chi connectivity index (χ3n) is 3.06. The first-order valence-electron chi connectivity index (χ1n) is 6.96. The van der Waals surface area contributed by atoms with E-state index in [1.807, 2.05) is 43.3 Å². The Morgan fingerprint density at radius 1 is 0.850 bits per heavy atom. The number of ether oxygens (including phenoxy) is 2. The van der Waals surface area contributed by atoms with Crippen LogP contribution in [0.2, 0.25) is 0 Å². The third kappa shape index (κ3) is 3.75. The number of hydrogen-bond acceptors (Lipinski definition) is 3. The standard InChI is InChI=1S/C17H21NO2/c1-2-19-16-9-5-6-10-17(16)20-13-15-8-4-3-7-14(15)11-12-18/h3-10H,2,11-13,18H2,1H3. The van der Waals surface area contributed by atoms with E-state index in [4.69, 9.17) is 15.2 Å². The van der Waals surface area contributed by atoms with Crippen LogP contribution < -0.4 is 15.2 Å². The molecular weight excluding hydrogens is 250 g/mol. The molecule has 0 aliphatic carbocycles. The van der Waals surface area contributed by atoms with E-state index in [2.05, 4.69) is 12.1 Å². The normalized spacial score (nSPS) is 10.3. The van der Waals surface area contributed by atoms with Gasteiger partial charge >= 0.3 is 0 Å². The Morgan fingerprint density at radius 2 is 1.45 bits per heavy atom. The molecule has 0 spiro atoms. The van der Waals surface area contributed by atoms with Crippen molar-refractivity contribution in [3.8, 4) is 11.5 Å². The molecule has 0 heterocycles. The lowest BCUT2D eigenvalue weighted by molar-refractivity contribution is 0.268. The summed E-state index contributed by atoms with van der Waals surface area (Å²) in [5.74, 6) is 1.56.